The second-order valence-corrected chi connectivity index (χ2v) is 18.8. The van der Waals surface area contributed by atoms with Crippen molar-refractivity contribution in [2.24, 2.45) is 15.8 Å². The lowest BCUT2D eigenvalue weighted by Gasteiger charge is -2.29. The summed E-state index contributed by atoms with van der Waals surface area (Å²) < 4.78 is 38.5. The Morgan fingerprint density at radius 2 is 1.21 bits per heavy atom. The molecule has 0 radical (unpaired) electrons. The number of nitrogens with one attached hydrogen (secondary N) is 3. The van der Waals surface area contributed by atoms with Gasteiger partial charge in [0, 0.05) is 50.1 Å². The quantitative estimate of drug-likeness (QED) is 0.0604. The lowest BCUT2D eigenvalue weighted by Crippen LogP contribution is -2.44. The van der Waals surface area contributed by atoms with Crippen molar-refractivity contribution in [3.05, 3.63) is 130 Å². The van der Waals surface area contributed by atoms with Gasteiger partial charge in [-0.15, -0.1) is 0 Å². The Kier molecular flexibility index (Phi) is 19.8. The van der Waals surface area contributed by atoms with Gasteiger partial charge in [0.05, 0.1) is 38.2 Å². The summed E-state index contributed by atoms with van der Waals surface area (Å²) in [5.74, 6) is -2.19. The van der Waals surface area contributed by atoms with E-state index in [-0.39, 0.29) is 56.6 Å². The zero-order valence-electron chi connectivity index (χ0n) is 41.6. The number of rotatable bonds is 15. The van der Waals surface area contributed by atoms with Crippen molar-refractivity contribution in [1.82, 2.24) is 10.6 Å². The van der Waals surface area contributed by atoms with E-state index < -0.39 is 34.2 Å². The molecule has 1 aliphatic heterocycles. The van der Waals surface area contributed by atoms with E-state index in [2.05, 4.69) is 47.7 Å². The average molecular weight is 992 g/mol. The van der Waals surface area contributed by atoms with Gasteiger partial charge >= 0.3 is 0 Å². The Balaban J connectivity index is 0.000000312. The van der Waals surface area contributed by atoms with Gasteiger partial charge in [-0.05, 0) is 111 Å². The fraction of sp³-hybridized carbons (Fsp3) is 0.385. The maximum atomic E-state index is 15.2. The first-order valence-electron chi connectivity index (χ1n) is 21.9. The number of nitrogens with zero attached hydrogens (tertiary/aromatic N) is 6. The number of thiocarbonyl (C=S) groups is 2. The first-order valence-corrected chi connectivity index (χ1v) is 22.7. The molecular weight excluding hydrogens is 933 g/mol. The third-order valence-electron chi connectivity index (χ3n) is 11.5. The standard InChI is InChI=1S/C26H29FN4O3S.C17H25N3O.C9H5FN2OS/c1-25(2,22(32)29-6)15-14-16-8-10-17(11-9-16)31-24(35)30(23(33)26(31,3)4)19-13-12-18(28-5)21(34-7)20(19)27;1-16(2,15(21)18-5)12-11-13-7-9-14(10-8-13)20-17(3,4)19-6;1-11-7-4-3-6(12-5-14)8(10)9(7)13-2/h8-13H,14-15H2,1-4,6-7H3,(H,29,32);7-10,20H,11-12H2,1-5H3,(H,18,21);3-4H,2H3. The van der Waals surface area contributed by atoms with Crippen molar-refractivity contribution in [2.75, 3.05) is 43.4 Å². The predicted molar refractivity (Wildman–Crippen MR) is 279 cm³/mol. The van der Waals surface area contributed by atoms with Crippen LogP contribution in [0.4, 0.5) is 42.9 Å². The molecule has 368 valence electrons. The normalized spacial score (nSPS) is 12.8. The van der Waals surface area contributed by atoms with Crippen LogP contribution in [0.3, 0.4) is 0 Å². The molecule has 18 heteroatoms. The molecule has 1 aliphatic rings. The third-order valence-corrected chi connectivity index (χ3v) is 11.9. The molecule has 4 aromatic carbocycles. The molecule has 0 aromatic heterocycles. The van der Waals surface area contributed by atoms with Crippen LogP contribution < -0.4 is 35.2 Å². The molecule has 14 nitrogen and oxygen atoms in total. The van der Waals surface area contributed by atoms with Crippen LogP contribution in [0.1, 0.15) is 79.4 Å². The number of aliphatic imine (C=N–C) groups is 1. The topological polar surface area (TPSA) is 138 Å². The zero-order valence-corrected chi connectivity index (χ0v) is 43.2. The van der Waals surface area contributed by atoms with Crippen molar-refractivity contribution in [3.8, 4) is 11.5 Å². The summed E-state index contributed by atoms with van der Waals surface area (Å²) in [5, 5.41) is 10.8. The maximum absolute atomic E-state index is 15.2. The minimum atomic E-state index is -1.07. The lowest BCUT2D eigenvalue weighted by molar-refractivity contribution is -0.129. The highest BCUT2D eigenvalue weighted by atomic mass is 32.1. The van der Waals surface area contributed by atoms with Gasteiger partial charge in [-0.2, -0.15) is 4.99 Å². The number of isothiocyanates is 1. The number of methoxy groups -OCH3 is 2. The molecule has 0 spiro atoms. The SMILES string of the molecule is [C-]#[N+]C(C)(C)Nc1ccc(CCC(C)(C)C(=O)NC)cc1.[C-]#[N+]c1ccc(N2C(=O)C(C)(C)N(c3ccc(CCC(C)(C)C(=O)NC)cc3)C2=S)c(F)c1OC.[C-]#[N+]c1ccc(N=C=S)c(F)c1OC. The monoisotopic (exact) mass is 991 g/mol. The van der Waals surface area contributed by atoms with Gasteiger partial charge in [0.2, 0.25) is 23.2 Å². The molecule has 0 atom stereocenters. The number of benzene rings is 4. The number of ether oxygens (including phenoxy) is 2. The predicted octanol–water partition coefficient (Wildman–Crippen LogP) is 11.6. The summed E-state index contributed by atoms with van der Waals surface area (Å²) in [7, 11) is 5.86. The summed E-state index contributed by atoms with van der Waals surface area (Å²) >= 11 is 10.00. The van der Waals surface area contributed by atoms with Gasteiger partial charge in [0.25, 0.3) is 11.6 Å². The summed E-state index contributed by atoms with van der Waals surface area (Å²) in [6.07, 6.45) is 3.03. The number of carbonyl (C=O) groups excluding carboxylic acids is 3. The van der Waals surface area contributed by atoms with Gasteiger partial charge in [0.15, 0.2) is 28.2 Å². The smallest absolute Gasteiger partial charge is 0.299 e. The number of hydrogen-bond acceptors (Lipinski definition) is 9. The molecule has 0 saturated carbocycles. The minimum Gasteiger partial charge on any atom is -0.505 e. The summed E-state index contributed by atoms with van der Waals surface area (Å²) in [4.78, 5) is 53.4. The molecule has 0 unspecified atom stereocenters. The van der Waals surface area contributed by atoms with Crippen molar-refractivity contribution in [2.45, 2.75) is 92.3 Å². The number of halogens is 2. The number of amides is 3. The Bertz CT molecular complexity index is 2750. The Morgan fingerprint density at radius 1 is 0.757 bits per heavy atom. The molecule has 5 rings (SSSR count). The Labute approximate surface area is 420 Å². The van der Waals surface area contributed by atoms with Gasteiger partial charge in [-0.1, -0.05) is 64.1 Å². The molecule has 0 bridgehead atoms. The van der Waals surface area contributed by atoms with Crippen LogP contribution in [0.15, 0.2) is 77.8 Å². The first kappa shape index (κ1) is 57.0. The first-order chi connectivity index (χ1) is 32.8. The van der Waals surface area contributed by atoms with Crippen LogP contribution in [0.2, 0.25) is 0 Å². The molecule has 3 amide bonds. The number of carbonyl (C=O) groups is 3. The van der Waals surface area contributed by atoms with Crippen LogP contribution in [0.25, 0.3) is 14.5 Å². The van der Waals surface area contributed by atoms with Gasteiger partial charge < -0.3 is 30.3 Å². The largest absolute Gasteiger partial charge is 0.505 e. The second kappa shape index (κ2) is 24.3. The van der Waals surface area contributed by atoms with E-state index in [1.807, 2.05) is 95.2 Å². The van der Waals surface area contributed by atoms with E-state index in [0.29, 0.717) is 18.5 Å². The van der Waals surface area contributed by atoms with E-state index in [1.165, 1.54) is 44.0 Å². The molecule has 1 fully saturated rings. The van der Waals surface area contributed by atoms with Crippen LogP contribution in [0.5, 0.6) is 11.5 Å². The van der Waals surface area contributed by atoms with Gasteiger partial charge in [-0.3, -0.25) is 24.1 Å². The van der Waals surface area contributed by atoms with E-state index in [1.54, 1.807) is 32.8 Å². The molecule has 4 aromatic rings. The second-order valence-electron chi connectivity index (χ2n) is 18.2. The summed E-state index contributed by atoms with van der Waals surface area (Å²) in [6, 6.07) is 21.2. The lowest BCUT2D eigenvalue weighted by atomic mass is 9.85. The Hall–Kier alpha value is -7.29. The van der Waals surface area contributed by atoms with Crippen LogP contribution in [0, 0.1) is 42.2 Å². The maximum Gasteiger partial charge on any atom is 0.299 e. The van der Waals surface area contributed by atoms with Gasteiger partial charge in [0.1, 0.15) is 11.2 Å². The Morgan fingerprint density at radius 3 is 1.64 bits per heavy atom. The van der Waals surface area contributed by atoms with E-state index in [0.717, 1.165) is 29.0 Å². The van der Waals surface area contributed by atoms with Crippen LogP contribution in [-0.2, 0) is 27.2 Å². The van der Waals surface area contributed by atoms with Crippen molar-refractivity contribution in [1.29, 1.82) is 0 Å². The number of aryl methyl sites for hydroxylation is 2. The number of hydrogen-bond donors (Lipinski definition) is 3. The third kappa shape index (κ3) is 13.7. The van der Waals surface area contributed by atoms with E-state index in [9.17, 15) is 18.8 Å². The summed E-state index contributed by atoms with van der Waals surface area (Å²) in [6.45, 7) is 36.0. The van der Waals surface area contributed by atoms with Crippen molar-refractivity contribution >= 4 is 86.6 Å². The van der Waals surface area contributed by atoms with E-state index in [4.69, 9.17) is 41.4 Å². The highest BCUT2D eigenvalue weighted by Gasteiger charge is 2.51. The molecule has 1 heterocycles. The molecule has 70 heavy (non-hydrogen) atoms. The highest BCUT2D eigenvalue weighted by Crippen LogP contribution is 2.42. The molecular formula is C52H59F2N9O5S2. The summed E-state index contributed by atoms with van der Waals surface area (Å²) in [5.41, 5.74) is 1.41. The highest BCUT2D eigenvalue weighted by molar-refractivity contribution is 7.81. The average Bonchev–Trinajstić information content (AvgIpc) is 3.51. The van der Waals surface area contributed by atoms with Crippen molar-refractivity contribution < 1.29 is 32.6 Å². The molecule has 3 N–H and O–H groups in total. The fourth-order valence-corrected chi connectivity index (χ4v) is 7.76. The molecule has 0 aliphatic carbocycles. The zero-order chi connectivity index (χ0) is 52.8. The molecule has 1 saturated heterocycles. The fourth-order valence-electron chi connectivity index (χ4n) is 7.15. The van der Waals surface area contributed by atoms with Crippen LogP contribution >= 0.6 is 24.4 Å². The van der Waals surface area contributed by atoms with Gasteiger partial charge in [-0.25, -0.2) is 25.0 Å². The number of anilines is 3. The minimum absolute atomic E-state index is 0.00909. The van der Waals surface area contributed by atoms with E-state index >= 15 is 4.39 Å². The van der Waals surface area contributed by atoms with Crippen molar-refractivity contribution in [3.63, 3.8) is 0 Å². The van der Waals surface area contributed by atoms with Crippen LogP contribution in [-0.4, -0.2) is 67.5 Å².